The van der Waals surface area contributed by atoms with Gasteiger partial charge in [-0.3, -0.25) is 4.79 Å². The molecule has 1 saturated heterocycles. The zero-order valence-corrected chi connectivity index (χ0v) is 12.0. The quantitative estimate of drug-likeness (QED) is 0.850. The van der Waals surface area contributed by atoms with E-state index in [1.165, 1.54) is 0 Å². The number of nitrogens with one attached hydrogen (secondary N) is 1. The Morgan fingerprint density at radius 2 is 2.00 bits per heavy atom. The molecular formula is C18H21NO. The number of carbonyl (C=O) groups is 1. The van der Waals surface area contributed by atoms with Crippen LogP contribution in [-0.2, 0) is 0 Å². The van der Waals surface area contributed by atoms with Crippen LogP contribution in [0.5, 0.6) is 0 Å². The van der Waals surface area contributed by atoms with Crippen molar-refractivity contribution in [2.24, 2.45) is 0 Å². The Morgan fingerprint density at radius 1 is 1.20 bits per heavy atom. The Morgan fingerprint density at radius 3 is 2.75 bits per heavy atom. The monoisotopic (exact) mass is 267 g/mol. The average molecular weight is 267 g/mol. The predicted octanol–water partition coefficient (Wildman–Crippen LogP) is 3.94. The summed E-state index contributed by atoms with van der Waals surface area (Å²) in [6.45, 7) is 3.11. The van der Waals surface area contributed by atoms with Crippen LogP contribution in [0.15, 0.2) is 42.5 Å². The first kappa shape index (κ1) is 13.3. The summed E-state index contributed by atoms with van der Waals surface area (Å²) in [5, 5.41) is 5.70. The number of hydrogen-bond acceptors (Lipinski definition) is 2. The van der Waals surface area contributed by atoms with E-state index in [1.807, 2.05) is 24.3 Å². The van der Waals surface area contributed by atoms with Crippen LogP contribution in [0.25, 0.3) is 10.8 Å². The molecule has 1 aliphatic heterocycles. The number of carbonyl (C=O) groups excluding carboxylic acids is 1. The smallest absolute Gasteiger partial charge is 0.183 e. The van der Waals surface area contributed by atoms with Crippen LogP contribution >= 0.6 is 0 Å². The molecule has 1 atom stereocenters. The normalized spacial score (nSPS) is 22.2. The lowest BCUT2D eigenvalue weighted by Gasteiger charge is -2.28. The maximum atomic E-state index is 13.1. The van der Waals surface area contributed by atoms with E-state index in [-0.39, 0.29) is 11.3 Å². The van der Waals surface area contributed by atoms with Gasteiger partial charge in [0, 0.05) is 5.56 Å². The van der Waals surface area contributed by atoms with Crippen molar-refractivity contribution in [3.8, 4) is 0 Å². The van der Waals surface area contributed by atoms with Crippen LogP contribution in [0.3, 0.4) is 0 Å². The van der Waals surface area contributed by atoms with E-state index in [9.17, 15) is 4.79 Å². The standard InChI is InChI=1S/C18H21NO/c1-2-11-18(12-6-13-19-18)17(20)16-10-5-8-14-7-3-4-9-15(14)16/h3-5,7-10,19H,2,6,11-13H2,1H3. The lowest BCUT2D eigenvalue weighted by molar-refractivity contribution is 0.0859. The van der Waals surface area contributed by atoms with Crippen molar-refractivity contribution in [3.63, 3.8) is 0 Å². The van der Waals surface area contributed by atoms with Gasteiger partial charge in [0.05, 0.1) is 5.54 Å². The molecule has 1 fully saturated rings. The van der Waals surface area contributed by atoms with E-state index in [0.29, 0.717) is 0 Å². The zero-order chi connectivity index (χ0) is 14.0. The molecule has 2 aromatic carbocycles. The van der Waals surface area contributed by atoms with E-state index in [0.717, 1.165) is 48.6 Å². The number of hydrogen-bond donors (Lipinski definition) is 1. The lowest BCUT2D eigenvalue weighted by atomic mass is 9.82. The molecule has 0 spiro atoms. The van der Waals surface area contributed by atoms with E-state index < -0.39 is 0 Å². The molecule has 0 saturated carbocycles. The molecule has 1 N–H and O–H groups in total. The van der Waals surface area contributed by atoms with Gasteiger partial charge in [-0.2, -0.15) is 0 Å². The first-order chi connectivity index (χ1) is 9.77. The Labute approximate surface area is 120 Å². The van der Waals surface area contributed by atoms with Gasteiger partial charge in [0.15, 0.2) is 5.78 Å². The molecule has 1 heterocycles. The van der Waals surface area contributed by atoms with E-state index in [2.05, 4.69) is 30.4 Å². The summed E-state index contributed by atoms with van der Waals surface area (Å²) in [6.07, 6.45) is 4.01. The minimum atomic E-state index is -0.334. The van der Waals surface area contributed by atoms with Crippen LogP contribution in [-0.4, -0.2) is 17.9 Å². The predicted molar refractivity (Wildman–Crippen MR) is 83.2 cm³/mol. The SMILES string of the molecule is CCCC1(C(=O)c2cccc3ccccc23)CCCN1. The molecule has 3 rings (SSSR count). The molecule has 2 heteroatoms. The van der Waals surface area contributed by atoms with Crippen LogP contribution in [0.4, 0.5) is 0 Å². The first-order valence-corrected chi connectivity index (χ1v) is 7.54. The lowest BCUT2D eigenvalue weighted by Crippen LogP contribution is -2.47. The van der Waals surface area contributed by atoms with E-state index in [4.69, 9.17) is 0 Å². The molecule has 0 aliphatic carbocycles. The third kappa shape index (κ3) is 2.14. The average Bonchev–Trinajstić information content (AvgIpc) is 2.96. The summed E-state index contributed by atoms with van der Waals surface area (Å²) < 4.78 is 0. The van der Waals surface area contributed by atoms with Crippen molar-refractivity contribution in [2.45, 2.75) is 38.1 Å². The number of Topliss-reactive ketones (excluding diaryl/α,β-unsaturated/α-hetero) is 1. The third-order valence-corrected chi connectivity index (χ3v) is 4.39. The second-order valence-corrected chi connectivity index (χ2v) is 5.72. The van der Waals surface area contributed by atoms with Crippen LogP contribution in [0.1, 0.15) is 43.0 Å². The summed E-state index contributed by atoms with van der Waals surface area (Å²) in [5.74, 6) is 0.272. The molecule has 0 amide bonds. The summed E-state index contributed by atoms with van der Waals surface area (Å²) >= 11 is 0. The van der Waals surface area contributed by atoms with Gasteiger partial charge >= 0.3 is 0 Å². The fourth-order valence-corrected chi connectivity index (χ4v) is 3.43. The molecule has 0 aromatic heterocycles. The third-order valence-electron chi connectivity index (χ3n) is 4.39. The Kier molecular flexibility index (Phi) is 3.58. The van der Waals surface area contributed by atoms with Gasteiger partial charge in [-0.25, -0.2) is 0 Å². The zero-order valence-electron chi connectivity index (χ0n) is 12.0. The highest BCUT2D eigenvalue weighted by Crippen LogP contribution is 2.31. The van der Waals surface area contributed by atoms with Crippen LogP contribution < -0.4 is 5.32 Å². The fourth-order valence-electron chi connectivity index (χ4n) is 3.43. The Balaban J connectivity index is 2.08. The van der Waals surface area contributed by atoms with Gasteiger partial charge in [0.25, 0.3) is 0 Å². The highest BCUT2D eigenvalue weighted by Gasteiger charge is 2.40. The summed E-state index contributed by atoms with van der Waals surface area (Å²) in [7, 11) is 0. The maximum absolute atomic E-state index is 13.1. The minimum absolute atomic E-state index is 0.272. The van der Waals surface area contributed by atoms with Crippen LogP contribution in [0.2, 0.25) is 0 Å². The fraction of sp³-hybridized carbons (Fsp3) is 0.389. The molecule has 2 aromatic rings. The second kappa shape index (κ2) is 5.37. The molecule has 0 radical (unpaired) electrons. The van der Waals surface area contributed by atoms with Gasteiger partial charge < -0.3 is 5.32 Å². The summed E-state index contributed by atoms with van der Waals surface area (Å²) in [5.41, 5.74) is 0.532. The molecular weight excluding hydrogens is 246 g/mol. The summed E-state index contributed by atoms with van der Waals surface area (Å²) in [4.78, 5) is 13.1. The van der Waals surface area contributed by atoms with Gasteiger partial charge in [0.2, 0.25) is 0 Å². The van der Waals surface area contributed by atoms with E-state index in [1.54, 1.807) is 0 Å². The van der Waals surface area contributed by atoms with E-state index >= 15 is 0 Å². The number of fused-ring (bicyclic) bond motifs is 1. The maximum Gasteiger partial charge on any atom is 0.183 e. The molecule has 0 bridgehead atoms. The molecule has 1 unspecified atom stereocenters. The Bertz CT molecular complexity index is 621. The Hall–Kier alpha value is -1.67. The highest BCUT2D eigenvalue weighted by molar-refractivity contribution is 6.12. The number of benzene rings is 2. The van der Waals surface area contributed by atoms with Crippen molar-refractivity contribution in [1.29, 1.82) is 0 Å². The first-order valence-electron chi connectivity index (χ1n) is 7.54. The topological polar surface area (TPSA) is 29.1 Å². The molecule has 20 heavy (non-hydrogen) atoms. The van der Waals surface area contributed by atoms with Crippen molar-refractivity contribution in [1.82, 2.24) is 5.32 Å². The van der Waals surface area contributed by atoms with Gasteiger partial charge in [0.1, 0.15) is 0 Å². The minimum Gasteiger partial charge on any atom is -0.305 e. The van der Waals surface area contributed by atoms with Gasteiger partial charge in [-0.1, -0.05) is 55.8 Å². The van der Waals surface area contributed by atoms with Crippen molar-refractivity contribution in [3.05, 3.63) is 48.0 Å². The van der Waals surface area contributed by atoms with Crippen molar-refractivity contribution < 1.29 is 4.79 Å². The van der Waals surface area contributed by atoms with Gasteiger partial charge in [-0.15, -0.1) is 0 Å². The highest BCUT2D eigenvalue weighted by atomic mass is 16.1. The van der Waals surface area contributed by atoms with Crippen molar-refractivity contribution >= 4 is 16.6 Å². The number of rotatable bonds is 4. The van der Waals surface area contributed by atoms with Crippen molar-refractivity contribution in [2.75, 3.05) is 6.54 Å². The van der Waals surface area contributed by atoms with Crippen LogP contribution in [0, 0.1) is 0 Å². The molecule has 104 valence electrons. The number of ketones is 1. The molecule has 2 nitrogen and oxygen atoms in total. The largest absolute Gasteiger partial charge is 0.305 e. The van der Waals surface area contributed by atoms with Gasteiger partial charge in [-0.05, 0) is 36.6 Å². The summed E-state index contributed by atoms with van der Waals surface area (Å²) in [6, 6.07) is 14.2. The second-order valence-electron chi connectivity index (χ2n) is 5.72. The molecule has 1 aliphatic rings.